The first-order valence-electron chi connectivity index (χ1n) is 5.88. The van der Waals surface area contributed by atoms with Gasteiger partial charge >= 0.3 is 0 Å². The molecule has 0 bridgehead atoms. The summed E-state index contributed by atoms with van der Waals surface area (Å²) in [5.41, 5.74) is 1.83. The number of rotatable bonds is 4. The topological polar surface area (TPSA) is 38.3 Å². The first-order chi connectivity index (χ1) is 9.13. The lowest BCUT2D eigenvalue weighted by Crippen LogP contribution is -2.20. The van der Waals surface area contributed by atoms with Gasteiger partial charge in [0, 0.05) is 11.8 Å². The van der Waals surface area contributed by atoms with Crippen molar-refractivity contribution in [1.82, 2.24) is 0 Å². The van der Waals surface area contributed by atoms with Crippen molar-refractivity contribution in [3.63, 3.8) is 0 Å². The Labute approximate surface area is 111 Å². The lowest BCUT2D eigenvalue weighted by atomic mass is 10.2. The highest BCUT2D eigenvalue weighted by atomic mass is 19.1. The molecule has 0 radical (unpaired) electrons. The third-order valence-corrected chi connectivity index (χ3v) is 2.50. The van der Waals surface area contributed by atoms with Crippen molar-refractivity contribution in [3.05, 3.63) is 59.9 Å². The zero-order valence-corrected chi connectivity index (χ0v) is 10.5. The molecule has 0 aromatic heterocycles. The first kappa shape index (κ1) is 13.1. The van der Waals surface area contributed by atoms with Gasteiger partial charge in [-0.1, -0.05) is 23.8 Å². The van der Waals surface area contributed by atoms with E-state index in [9.17, 15) is 9.18 Å². The molecule has 1 amide bonds. The van der Waals surface area contributed by atoms with Crippen LogP contribution in [0.1, 0.15) is 5.56 Å². The van der Waals surface area contributed by atoms with Crippen LogP contribution in [0.4, 0.5) is 10.1 Å². The van der Waals surface area contributed by atoms with Crippen LogP contribution in [-0.2, 0) is 4.79 Å². The molecule has 0 saturated heterocycles. The Morgan fingerprint density at radius 1 is 1.21 bits per heavy atom. The minimum Gasteiger partial charge on any atom is -0.484 e. The summed E-state index contributed by atoms with van der Waals surface area (Å²) >= 11 is 0. The Morgan fingerprint density at radius 2 is 1.95 bits per heavy atom. The van der Waals surface area contributed by atoms with Crippen molar-refractivity contribution >= 4 is 11.6 Å². The number of carbonyl (C=O) groups is 1. The average Bonchev–Trinajstić information content (AvgIpc) is 2.39. The van der Waals surface area contributed by atoms with Gasteiger partial charge in [-0.05, 0) is 31.2 Å². The molecule has 0 aliphatic carbocycles. The van der Waals surface area contributed by atoms with Crippen LogP contribution in [0.2, 0.25) is 0 Å². The molecule has 0 unspecified atom stereocenters. The molecule has 98 valence electrons. The molecule has 3 nitrogen and oxygen atoms in total. The van der Waals surface area contributed by atoms with Crippen molar-refractivity contribution in [1.29, 1.82) is 0 Å². The number of hydrogen-bond donors (Lipinski definition) is 1. The highest BCUT2D eigenvalue weighted by Crippen LogP contribution is 2.12. The van der Waals surface area contributed by atoms with E-state index in [4.69, 9.17) is 4.74 Å². The van der Waals surface area contributed by atoms with Crippen molar-refractivity contribution in [2.75, 3.05) is 11.9 Å². The van der Waals surface area contributed by atoms with E-state index in [0.29, 0.717) is 11.4 Å². The summed E-state index contributed by atoms with van der Waals surface area (Å²) < 4.78 is 18.1. The number of nitrogens with one attached hydrogen (secondary N) is 1. The van der Waals surface area contributed by atoms with Crippen LogP contribution in [0.25, 0.3) is 0 Å². The van der Waals surface area contributed by atoms with Gasteiger partial charge in [0.15, 0.2) is 6.61 Å². The van der Waals surface area contributed by atoms with Gasteiger partial charge in [-0.2, -0.15) is 0 Å². The molecule has 19 heavy (non-hydrogen) atoms. The van der Waals surface area contributed by atoms with Crippen LogP contribution in [0, 0.1) is 12.7 Å². The Morgan fingerprint density at radius 3 is 2.63 bits per heavy atom. The standard InChI is InChI=1S/C15H14FNO2/c1-11-5-7-13(8-6-11)17-15(18)10-19-14-4-2-3-12(16)9-14/h2-9H,10H2,1H3,(H,17,18). The third-order valence-electron chi connectivity index (χ3n) is 2.50. The third kappa shape index (κ3) is 4.10. The predicted molar refractivity (Wildman–Crippen MR) is 71.7 cm³/mol. The van der Waals surface area contributed by atoms with Crippen LogP contribution in [0.15, 0.2) is 48.5 Å². The van der Waals surface area contributed by atoms with Crippen molar-refractivity contribution in [3.8, 4) is 5.75 Å². The highest BCUT2D eigenvalue weighted by Gasteiger charge is 2.04. The van der Waals surface area contributed by atoms with Gasteiger partial charge in [0.2, 0.25) is 0 Å². The lowest BCUT2D eigenvalue weighted by molar-refractivity contribution is -0.118. The van der Waals surface area contributed by atoms with E-state index in [1.54, 1.807) is 6.07 Å². The minimum absolute atomic E-state index is 0.155. The monoisotopic (exact) mass is 259 g/mol. The summed E-state index contributed by atoms with van der Waals surface area (Å²) in [6.45, 7) is 1.82. The normalized spacial score (nSPS) is 10.0. The van der Waals surface area contributed by atoms with E-state index in [2.05, 4.69) is 5.32 Å². The minimum atomic E-state index is -0.392. The number of halogens is 1. The van der Waals surface area contributed by atoms with E-state index in [-0.39, 0.29) is 12.5 Å². The van der Waals surface area contributed by atoms with Gasteiger partial charge < -0.3 is 10.1 Å². The van der Waals surface area contributed by atoms with Crippen LogP contribution in [0.5, 0.6) is 5.75 Å². The maximum absolute atomic E-state index is 12.9. The van der Waals surface area contributed by atoms with E-state index in [1.807, 2.05) is 31.2 Å². The van der Waals surface area contributed by atoms with Crippen molar-refractivity contribution < 1.29 is 13.9 Å². The van der Waals surface area contributed by atoms with E-state index in [1.165, 1.54) is 18.2 Å². The Kier molecular flexibility index (Phi) is 4.13. The van der Waals surface area contributed by atoms with Gasteiger partial charge in [-0.3, -0.25) is 4.79 Å². The molecule has 0 aliphatic heterocycles. The number of anilines is 1. The summed E-state index contributed by atoms with van der Waals surface area (Å²) in [5, 5.41) is 2.70. The molecule has 2 aromatic carbocycles. The summed E-state index contributed by atoms with van der Waals surface area (Å²) in [6, 6.07) is 13.1. The second-order valence-corrected chi connectivity index (χ2v) is 4.16. The fraction of sp³-hybridized carbons (Fsp3) is 0.133. The highest BCUT2D eigenvalue weighted by molar-refractivity contribution is 5.91. The molecular weight excluding hydrogens is 245 g/mol. The van der Waals surface area contributed by atoms with Crippen LogP contribution in [-0.4, -0.2) is 12.5 Å². The smallest absolute Gasteiger partial charge is 0.262 e. The Hall–Kier alpha value is -2.36. The number of aryl methyl sites for hydroxylation is 1. The Bertz CT molecular complexity index is 567. The molecule has 4 heteroatoms. The molecule has 0 atom stereocenters. The molecule has 0 fully saturated rings. The first-order valence-corrected chi connectivity index (χ1v) is 5.88. The summed E-state index contributed by atoms with van der Waals surface area (Å²) in [7, 11) is 0. The maximum Gasteiger partial charge on any atom is 0.262 e. The number of carbonyl (C=O) groups excluding carboxylic acids is 1. The van der Waals surface area contributed by atoms with Gasteiger partial charge in [0.05, 0.1) is 0 Å². The number of hydrogen-bond acceptors (Lipinski definition) is 2. The van der Waals surface area contributed by atoms with Gasteiger partial charge in [0.1, 0.15) is 11.6 Å². The number of ether oxygens (including phenoxy) is 1. The van der Waals surface area contributed by atoms with Gasteiger partial charge in [-0.25, -0.2) is 4.39 Å². The molecule has 2 aromatic rings. The summed E-state index contributed by atoms with van der Waals surface area (Å²) in [6.07, 6.45) is 0. The van der Waals surface area contributed by atoms with E-state index in [0.717, 1.165) is 5.56 Å². The maximum atomic E-state index is 12.9. The molecule has 1 N–H and O–H groups in total. The summed E-state index contributed by atoms with van der Waals surface area (Å²) in [5.74, 6) is -0.344. The zero-order valence-electron chi connectivity index (χ0n) is 10.5. The van der Waals surface area contributed by atoms with Crippen LogP contribution >= 0.6 is 0 Å². The second-order valence-electron chi connectivity index (χ2n) is 4.16. The molecular formula is C15H14FNO2. The largest absolute Gasteiger partial charge is 0.484 e. The van der Waals surface area contributed by atoms with Crippen molar-refractivity contribution in [2.24, 2.45) is 0 Å². The SMILES string of the molecule is Cc1ccc(NC(=O)COc2cccc(F)c2)cc1. The number of benzene rings is 2. The molecule has 2 rings (SSSR count). The summed E-state index contributed by atoms with van der Waals surface area (Å²) in [4.78, 5) is 11.6. The Balaban J connectivity index is 1.86. The van der Waals surface area contributed by atoms with Gasteiger partial charge in [-0.15, -0.1) is 0 Å². The van der Waals surface area contributed by atoms with Crippen LogP contribution < -0.4 is 10.1 Å². The van der Waals surface area contributed by atoms with E-state index < -0.39 is 5.82 Å². The van der Waals surface area contributed by atoms with E-state index >= 15 is 0 Å². The fourth-order valence-corrected chi connectivity index (χ4v) is 1.54. The number of amides is 1. The predicted octanol–water partition coefficient (Wildman–Crippen LogP) is 3.15. The lowest BCUT2D eigenvalue weighted by Gasteiger charge is -2.07. The fourth-order valence-electron chi connectivity index (χ4n) is 1.54. The van der Waals surface area contributed by atoms with Crippen molar-refractivity contribution in [2.45, 2.75) is 6.92 Å². The molecule has 0 spiro atoms. The quantitative estimate of drug-likeness (QED) is 0.916. The average molecular weight is 259 g/mol. The molecule has 0 aliphatic rings. The molecule has 0 saturated carbocycles. The molecule has 0 heterocycles. The zero-order chi connectivity index (χ0) is 13.7. The van der Waals surface area contributed by atoms with Crippen LogP contribution in [0.3, 0.4) is 0 Å². The van der Waals surface area contributed by atoms with Gasteiger partial charge in [0.25, 0.3) is 5.91 Å². The second kappa shape index (κ2) is 6.00.